The van der Waals surface area contributed by atoms with Crippen molar-refractivity contribution in [3.8, 4) is 11.5 Å². The summed E-state index contributed by atoms with van der Waals surface area (Å²) < 4.78 is 5.61. The van der Waals surface area contributed by atoms with Crippen molar-refractivity contribution in [3.05, 3.63) is 24.5 Å². The van der Waals surface area contributed by atoms with Crippen molar-refractivity contribution in [1.82, 2.24) is 20.1 Å². The van der Waals surface area contributed by atoms with Crippen molar-refractivity contribution in [2.45, 2.75) is 43.9 Å². The van der Waals surface area contributed by atoms with Crippen LogP contribution in [0.3, 0.4) is 0 Å². The predicted molar refractivity (Wildman–Crippen MR) is 98.5 cm³/mol. The zero-order valence-corrected chi connectivity index (χ0v) is 15.9. The molecule has 1 aliphatic rings. The molecule has 8 heteroatoms. The molecule has 0 radical (unpaired) electrons. The van der Waals surface area contributed by atoms with Gasteiger partial charge in [0.15, 0.2) is 0 Å². The Balaban J connectivity index is 1.48. The first kappa shape index (κ1) is 18.8. The van der Waals surface area contributed by atoms with Crippen molar-refractivity contribution >= 4 is 17.7 Å². The van der Waals surface area contributed by atoms with Gasteiger partial charge in [0.2, 0.25) is 11.8 Å². The van der Waals surface area contributed by atoms with Gasteiger partial charge in [-0.05, 0) is 31.9 Å². The molecule has 7 nitrogen and oxygen atoms in total. The van der Waals surface area contributed by atoms with Crippen LogP contribution in [0.5, 0.6) is 0 Å². The number of nitrogens with zero attached hydrogens (tertiary/aromatic N) is 4. The van der Waals surface area contributed by atoms with Gasteiger partial charge in [-0.15, -0.1) is 10.2 Å². The van der Waals surface area contributed by atoms with Gasteiger partial charge in [0.25, 0.3) is 5.22 Å². The summed E-state index contributed by atoms with van der Waals surface area (Å²) in [6, 6.07) is 3.61. The Kier molecular flexibility index (Phi) is 5.93. The molecule has 26 heavy (non-hydrogen) atoms. The van der Waals surface area contributed by atoms with Crippen molar-refractivity contribution in [3.63, 3.8) is 0 Å². The Bertz CT molecular complexity index is 735. The second kappa shape index (κ2) is 8.18. The lowest BCUT2D eigenvalue weighted by Crippen LogP contribution is -2.51. The highest BCUT2D eigenvalue weighted by atomic mass is 32.2. The van der Waals surface area contributed by atoms with Gasteiger partial charge in [-0.3, -0.25) is 9.78 Å². The number of likely N-dealkylation sites (tertiary alicyclic amines) is 1. The van der Waals surface area contributed by atoms with Gasteiger partial charge in [0, 0.05) is 49.1 Å². The number of aliphatic hydroxyl groups is 1. The zero-order valence-electron chi connectivity index (χ0n) is 15.1. The summed E-state index contributed by atoms with van der Waals surface area (Å²) in [6.45, 7) is 5.16. The summed E-state index contributed by atoms with van der Waals surface area (Å²) in [7, 11) is 0. The molecule has 3 heterocycles. The fraction of sp³-hybridized carbons (Fsp3) is 0.556. The van der Waals surface area contributed by atoms with Crippen molar-refractivity contribution < 1.29 is 14.3 Å². The first-order valence-electron chi connectivity index (χ1n) is 8.86. The van der Waals surface area contributed by atoms with E-state index in [0.717, 1.165) is 12.0 Å². The molecule has 1 amide bonds. The Morgan fingerprint density at radius 3 is 2.92 bits per heavy atom. The third kappa shape index (κ3) is 4.42. The van der Waals surface area contributed by atoms with Gasteiger partial charge in [0.1, 0.15) is 0 Å². The van der Waals surface area contributed by atoms with E-state index in [1.807, 2.05) is 11.8 Å². The molecule has 0 aliphatic carbocycles. The molecule has 1 saturated heterocycles. The number of hydrogen-bond donors (Lipinski definition) is 1. The normalized spacial score (nSPS) is 23.2. The molecule has 2 aromatic heterocycles. The Hall–Kier alpha value is -1.93. The van der Waals surface area contributed by atoms with E-state index < -0.39 is 5.60 Å². The number of rotatable bonds is 6. The van der Waals surface area contributed by atoms with E-state index in [1.165, 1.54) is 11.8 Å². The molecule has 0 bridgehead atoms. The molecule has 140 valence electrons. The van der Waals surface area contributed by atoms with Gasteiger partial charge in [-0.2, -0.15) is 0 Å². The van der Waals surface area contributed by atoms with E-state index in [9.17, 15) is 9.90 Å². The highest BCUT2D eigenvalue weighted by molar-refractivity contribution is 7.99. The summed E-state index contributed by atoms with van der Waals surface area (Å²) >= 11 is 1.38. The smallest absolute Gasteiger partial charge is 0.276 e. The Morgan fingerprint density at radius 1 is 1.42 bits per heavy atom. The number of thioether (sulfide) groups is 1. The summed E-state index contributed by atoms with van der Waals surface area (Å²) in [5, 5.41) is 18.9. The Labute approximate surface area is 157 Å². The van der Waals surface area contributed by atoms with Crippen molar-refractivity contribution in [2.75, 3.05) is 18.8 Å². The standard InChI is InChI=1S/C18H24N4O3S/c1-3-14-12-22(10-7-18(14,2)24)15(23)6-11-26-17-21-20-16(25-17)13-4-8-19-9-5-13/h4-5,8-9,14,24H,3,6-7,10-12H2,1-2H3/t14-,18+/m0/s1. The molecule has 0 spiro atoms. The summed E-state index contributed by atoms with van der Waals surface area (Å²) in [6.07, 6.45) is 5.25. The van der Waals surface area contributed by atoms with Crippen LogP contribution in [0.25, 0.3) is 11.5 Å². The molecule has 2 aromatic rings. The average Bonchev–Trinajstić information content (AvgIpc) is 3.11. The van der Waals surface area contributed by atoms with Crippen LogP contribution in [0, 0.1) is 5.92 Å². The van der Waals surface area contributed by atoms with Gasteiger partial charge in [0.05, 0.1) is 5.60 Å². The van der Waals surface area contributed by atoms with E-state index in [1.54, 1.807) is 24.5 Å². The van der Waals surface area contributed by atoms with Crippen LogP contribution in [0.2, 0.25) is 0 Å². The van der Waals surface area contributed by atoms with E-state index >= 15 is 0 Å². The minimum Gasteiger partial charge on any atom is -0.411 e. The van der Waals surface area contributed by atoms with E-state index in [4.69, 9.17) is 4.42 Å². The van der Waals surface area contributed by atoms with Gasteiger partial charge >= 0.3 is 0 Å². The number of hydrogen-bond acceptors (Lipinski definition) is 7. The van der Waals surface area contributed by atoms with Gasteiger partial charge < -0.3 is 14.4 Å². The third-order valence-electron chi connectivity index (χ3n) is 4.93. The maximum atomic E-state index is 12.4. The molecular formula is C18H24N4O3S. The molecule has 1 N–H and O–H groups in total. The number of carbonyl (C=O) groups is 1. The second-order valence-corrected chi connectivity index (χ2v) is 7.81. The maximum Gasteiger partial charge on any atom is 0.276 e. The number of carbonyl (C=O) groups excluding carboxylic acids is 1. The van der Waals surface area contributed by atoms with E-state index in [-0.39, 0.29) is 11.8 Å². The van der Waals surface area contributed by atoms with Gasteiger partial charge in [-0.1, -0.05) is 18.7 Å². The number of amides is 1. The highest BCUT2D eigenvalue weighted by Gasteiger charge is 2.37. The summed E-state index contributed by atoms with van der Waals surface area (Å²) in [4.78, 5) is 18.3. The zero-order chi connectivity index (χ0) is 18.6. The van der Waals surface area contributed by atoms with Crippen LogP contribution >= 0.6 is 11.8 Å². The quantitative estimate of drug-likeness (QED) is 0.775. The maximum absolute atomic E-state index is 12.4. The van der Waals surface area contributed by atoms with E-state index in [0.29, 0.717) is 42.8 Å². The lowest BCUT2D eigenvalue weighted by atomic mass is 9.81. The van der Waals surface area contributed by atoms with E-state index in [2.05, 4.69) is 22.1 Å². The van der Waals surface area contributed by atoms with Crippen molar-refractivity contribution in [2.24, 2.45) is 5.92 Å². The molecule has 1 fully saturated rings. The largest absolute Gasteiger partial charge is 0.411 e. The van der Waals surface area contributed by atoms with Crippen LogP contribution in [-0.4, -0.2) is 55.5 Å². The molecule has 0 aromatic carbocycles. The summed E-state index contributed by atoms with van der Waals surface area (Å²) in [5.41, 5.74) is 0.148. The summed E-state index contributed by atoms with van der Waals surface area (Å²) in [5.74, 6) is 1.28. The monoisotopic (exact) mass is 376 g/mol. The van der Waals surface area contributed by atoms with Crippen LogP contribution in [-0.2, 0) is 4.79 Å². The Morgan fingerprint density at radius 2 is 2.19 bits per heavy atom. The van der Waals surface area contributed by atoms with Crippen LogP contribution < -0.4 is 0 Å². The molecular weight excluding hydrogens is 352 g/mol. The molecule has 0 unspecified atom stereocenters. The second-order valence-electron chi connectivity index (χ2n) is 6.76. The lowest BCUT2D eigenvalue weighted by molar-refractivity contribution is -0.138. The highest BCUT2D eigenvalue weighted by Crippen LogP contribution is 2.30. The first-order chi connectivity index (χ1) is 12.5. The van der Waals surface area contributed by atoms with Gasteiger partial charge in [-0.25, -0.2) is 0 Å². The SMILES string of the molecule is CC[C@H]1CN(C(=O)CCSc2nnc(-c3ccncc3)o2)CC[C@@]1(C)O. The van der Waals surface area contributed by atoms with Crippen LogP contribution in [0.1, 0.15) is 33.1 Å². The topological polar surface area (TPSA) is 92.4 Å². The lowest BCUT2D eigenvalue weighted by Gasteiger charge is -2.42. The average molecular weight is 376 g/mol. The minimum atomic E-state index is -0.673. The number of aromatic nitrogens is 3. The molecule has 2 atom stereocenters. The molecule has 0 saturated carbocycles. The minimum absolute atomic E-state index is 0.111. The molecule has 1 aliphatic heterocycles. The first-order valence-corrected chi connectivity index (χ1v) is 9.85. The third-order valence-corrected chi connectivity index (χ3v) is 5.75. The fourth-order valence-corrected chi connectivity index (χ4v) is 3.87. The van der Waals surface area contributed by atoms with Crippen LogP contribution in [0.4, 0.5) is 0 Å². The molecule has 3 rings (SSSR count). The fourth-order valence-electron chi connectivity index (χ4n) is 3.18. The van der Waals surface area contributed by atoms with Crippen molar-refractivity contribution in [1.29, 1.82) is 0 Å². The predicted octanol–water partition coefficient (Wildman–Crippen LogP) is 2.62. The van der Waals surface area contributed by atoms with Crippen LogP contribution in [0.15, 0.2) is 34.2 Å². The number of pyridine rings is 1. The number of piperidine rings is 1.